The molecule has 1 N–H and O–H groups in total. The fourth-order valence-corrected chi connectivity index (χ4v) is 2.34. The van der Waals surface area contributed by atoms with Gasteiger partial charge in [-0.05, 0) is 51.0 Å². The van der Waals surface area contributed by atoms with Crippen molar-refractivity contribution in [1.29, 1.82) is 0 Å². The van der Waals surface area contributed by atoms with Gasteiger partial charge in [0.1, 0.15) is 0 Å². The predicted octanol–water partition coefficient (Wildman–Crippen LogP) is 3.62. The number of nitrogens with one attached hydrogen (secondary N) is 1. The maximum Gasteiger partial charge on any atom is 0.251 e. The van der Waals surface area contributed by atoms with E-state index in [4.69, 9.17) is 0 Å². The van der Waals surface area contributed by atoms with Gasteiger partial charge in [-0.15, -0.1) is 0 Å². The topological polar surface area (TPSA) is 15.3 Å². The molecule has 0 aliphatic carbocycles. The standard InChI is InChI=1S/C16H26F2N2/c1-4-10-19-15(9-11-20(3)12-16(17)18)14-8-6-5-7-13(14)2/h5-8,15-16,19H,4,9-12H2,1-3H3. The van der Waals surface area contributed by atoms with Crippen LogP contribution in [-0.2, 0) is 0 Å². The summed E-state index contributed by atoms with van der Waals surface area (Å²) in [4.78, 5) is 1.70. The Kier molecular flexibility index (Phi) is 7.70. The van der Waals surface area contributed by atoms with Crippen molar-refractivity contribution in [3.8, 4) is 0 Å². The van der Waals surface area contributed by atoms with Crippen molar-refractivity contribution < 1.29 is 8.78 Å². The number of hydrogen-bond donors (Lipinski definition) is 1. The molecule has 0 saturated carbocycles. The lowest BCUT2D eigenvalue weighted by Crippen LogP contribution is -2.30. The normalized spacial score (nSPS) is 13.2. The highest BCUT2D eigenvalue weighted by molar-refractivity contribution is 5.28. The fraction of sp³-hybridized carbons (Fsp3) is 0.625. The summed E-state index contributed by atoms with van der Waals surface area (Å²) in [6, 6.07) is 8.51. The minimum absolute atomic E-state index is 0.158. The first-order valence-electron chi connectivity index (χ1n) is 7.30. The highest BCUT2D eigenvalue weighted by atomic mass is 19.3. The molecule has 20 heavy (non-hydrogen) atoms. The molecular formula is C16H26F2N2. The first-order valence-corrected chi connectivity index (χ1v) is 7.30. The molecule has 0 aliphatic heterocycles. The first kappa shape index (κ1) is 17.1. The lowest BCUT2D eigenvalue weighted by molar-refractivity contribution is 0.0984. The van der Waals surface area contributed by atoms with Gasteiger partial charge in [0.15, 0.2) is 0 Å². The van der Waals surface area contributed by atoms with Crippen molar-refractivity contribution in [2.45, 2.75) is 39.2 Å². The van der Waals surface area contributed by atoms with Crippen LogP contribution in [0.4, 0.5) is 8.78 Å². The van der Waals surface area contributed by atoms with Crippen LogP contribution >= 0.6 is 0 Å². The molecule has 1 atom stereocenters. The number of nitrogens with zero attached hydrogens (tertiary/aromatic N) is 1. The molecule has 1 aromatic carbocycles. The minimum atomic E-state index is -2.26. The number of benzene rings is 1. The molecule has 4 heteroatoms. The summed E-state index contributed by atoms with van der Waals surface area (Å²) in [5, 5.41) is 3.52. The quantitative estimate of drug-likeness (QED) is 0.745. The number of rotatable bonds is 9. The van der Waals surface area contributed by atoms with Crippen LogP contribution in [0.3, 0.4) is 0 Å². The summed E-state index contributed by atoms with van der Waals surface area (Å²) in [6.07, 6.45) is -0.357. The van der Waals surface area contributed by atoms with Gasteiger partial charge in [-0.1, -0.05) is 31.2 Å². The van der Waals surface area contributed by atoms with Crippen molar-refractivity contribution in [3.63, 3.8) is 0 Å². The summed E-state index contributed by atoms with van der Waals surface area (Å²) in [5.41, 5.74) is 2.52. The zero-order chi connectivity index (χ0) is 15.0. The van der Waals surface area contributed by atoms with E-state index >= 15 is 0 Å². The van der Waals surface area contributed by atoms with Crippen molar-refractivity contribution in [1.82, 2.24) is 10.2 Å². The number of alkyl halides is 2. The van der Waals surface area contributed by atoms with Gasteiger partial charge in [0.05, 0.1) is 6.54 Å². The molecule has 1 unspecified atom stereocenters. The maximum absolute atomic E-state index is 12.3. The maximum atomic E-state index is 12.3. The molecule has 0 radical (unpaired) electrons. The highest BCUT2D eigenvalue weighted by Gasteiger charge is 2.15. The van der Waals surface area contributed by atoms with Crippen LogP contribution in [0.15, 0.2) is 24.3 Å². The zero-order valence-corrected chi connectivity index (χ0v) is 12.7. The molecule has 0 spiro atoms. The summed E-state index contributed by atoms with van der Waals surface area (Å²) < 4.78 is 24.7. The number of aryl methyl sites for hydroxylation is 1. The lowest BCUT2D eigenvalue weighted by atomic mass is 9.98. The Morgan fingerprint density at radius 3 is 2.55 bits per heavy atom. The van der Waals surface area contributed by atoms with Gasteiger partial charge in [-0.2, -0.15) is 0 Å². The van der Waals surface area contributed by atoms with E-state index in [-0.39, 0.29) is 12.6 Å². The Bertz CT molecular complexity index is 382. The largest absolute Gasteiger partial charge is 0.310 e. The highest BCUT2D eigenvalue weighted by Crippen LogP contribution is 2.21. The third-order valence-electron chi connectivity index (χ3n) is 3.45. The predicted molar refractivity (Wildman–Crippen MR) is 80.3 cm³/mol. The van der Waals surface area contributed by atoms with Crippen LogP contribution in [0.1, 0.15) is 36.9 Å². The Balaban J connectivity index is 2.63. The second-order valence-electron chi connectivity index (χ2n) is 5.31. The summed E-state index contributed by atoms with van der Waals surface area (Å²) in [6.45, 7) is 5.68. The van der Waals surface area contributed by atoms with Crippen LogP contribution in [0.2, 0.25) is 0 Å². The molecule has 1 rings (SSSR count). The van der Waals surface area contributed by atoms with Crippen LogP contribution in [0, 0.1) is 6.92 Å². The van der Waals surface area contributed by atoms with E-state index in [2.05, 4.69) is 31.3 Å². The first-order chi connectivity index (χ1) is 9.54. The molecule has 1 aromatic rings. The summed E-state index contributed by atoms with van der Waals surface area (Å²) in [7, 11) is 1.75. The fourth-order valence-electron chi connectivity index (χ4n) is 2.34. The third kappa shape index (κ3) is 5.97. The van der Waals surface area contributed by atoms with Gasteiger partial charge in [0.25, 0.3) is 6.43 Å². The van der Waals surface area contributed by atoms with E-state index in [1.54, 1.807) is 11.9 Å². The second-order valence-corrected chi connectivity index (χ2v) is 5.31. The van der Waals surface area contributed by atoms with Gasteiger partial charge in [-0.3, -0.25) is 0 Å². The van der Waals surface area contributed by atoms with Crippen molar-refractivity contribution in [2.24, 2.45) is 0 Å². The van der Waals surface area contributed by atoms with Gasteiger partial charge in [0, 0.05) is 6.04 Å². The minimum Gasteiger partial charge on any atom is -0.310 e. The molecule has 2 nitrogen and oxygen atoms in total. The van der Waals surface area contributed by atoms with Gasteiger partial charge < -0.3 is 10.2 Å². The van der Waals surface area contributed by atoms with E-state index in [0.29, 0.717) is 6.54 Å². The van der Waals surface area contributed by atoms with Crippen molar-refractivity contribution in [3.05, 3.63) is 35.4 Å². The van der Waals surface area contributed by atoms with E-state index < -0.39 is 6.43 Å². The van der Waals surface area contributed by atoms with E-state index in [0.717, 1.165) is 19.4 Å². The monoisotopic (exact) mass is 284 g/mol. The number of halogens is 2. The molecule has 0 saturated heterocycles. The number of hydrogen-bond acceptors (Lipinski definition) is 2. The van der Waals surface area contributed by atoms with Crippen LogP contribution in [0.5, 0.6) is 0 Å². The Hall–Kier alpha value is -1.00. The van der Waals surface area contributed by atoms with Gasteiger partial charge in [0.2, 0.25) is 0 Å². The van der Waals surface area contributed by atoms with Crippen LogP contribution < -0.4 is 5.32 Å². The van der Waals surface area contributed by atoms with E-state index in [1.165, 1.54) is 11.1 Å². The SMILES string of the molecule is CCCNC(CCN(C)CC(F)F)c1ccccc1C. The average Bonchev–Trinajstić information content (AvgIpc) is 2.39. The third-order valence-corrected chi connectivity index (χ3v) is 3.45. The van der Waals surface area contributed by atoms with E-state index in [1.807, 2.05) is 12.1 Å². The molecule has 114 valence electrons. The average molecular weight is 284 g/mol. The Labute approximate surface area is 121 Å². The molecule has 0 bridgehead atoms. The Morgan fingerprint density at radius 1 is 1.25 bits per heavy atom. The van der Waals surface area contributed by atoms with E-state index in [9.17, 15) is 8.78 Å². The van der Waals surface area contributed by atoms with Crippen molar-refractivity contribution in [2.75, 3.05) is 26.7 Å². The second kappa shape index (κ2) is 9.03. The van der Waals surface area contributed by atoms with Gasteiger partial charge >= 0.3 is 0 Å². The lowest BCUT2D eigenvalue weighted by Gasteiger charge is -2.24. The van der Waals surface area contributed by atoms with Crippen LogP contribution in [0.25, 0.3) is 0 Å². The molecule has 0 fully saturated rings. The zero-order valence-electron chi connectivity index (χ0n) is 12.7. The molecular weight excluding hydrogens is 258 g/mol. The summed E-state index contributed by atoms with van der Waals surface area (Å²) >= 11 is 0. The van der Waals surface area contributed by atoms with Crippen LogP contribution in [-0.4, -0.2) is 38.0 Å². The summed E-state index contributed by atoms with van der Waals surface area (Å²) in [5.74, 6) is 0. The smallest absolute Gasteiger partial charge is 0.251 e. The molecule has 0 amide bonds. The molecule has 0 aliphatic rings. The molecule has 0 heterocycles. The Morgan fingerprint density at radius 2 is 1.95 bits per heavy atom. The van der Waals surface area contributed by atoms with Crippen molar-refractivity contribution >= 4 is 0 Å². The molecule has 0 aromatic heterocycles. The van der Waals surface area contributed by atoms with Gasteiger partial charge in [-0.25, -0.2) is 8.78 Å².